The number of hydrogen-bond donors (Lipinski definition) is 9. The van der Waals surface area contributed by atoms with Gasteiger partial charge in [-0.15, -0.1) is 0 Å². The fourth-order valence-electron chi connectivity index (χ4n) is 6.90. The van der Waals surface area contributed by atoms with Gasteiger partial charge in [0.25, 0.3) is 0 Å². The number of carbonyl (C=O) groups is 1. The Labute approximate surface area is 337 Å². The van der Waals surface area contributed by atoms with Gasteiger partial charge in [0.05, 0.1) is 31.3 Å². The molecule has 0 aromatic heterocycles. The Morgan fingerprint density at radius 2 is 1.05 bits per heavy atom. The number of hydrogen-bond acceptors (Lipinski definition) is 11. The molecule has 0 aromatic rings. The van der Waals surface area contributed by atoms with Gasteiger partial charge in [0.15, 0.2) is 0 Å². The minimum atomic E-state index is -5.14. The van der Waals surface area contributed by atoms with Crippen LogP contribution < -0.4 is 5.32 Å². The molecule has 8 unspecified atom stereocenters. The third kappa shape index (κ3) is 24.6. The van der Waals surface area contributed by atoms with Gasteiger partial charge in [0.2, 0.25) is 5.91 Å². The summed E-state index contributed by atoms with van der Waals surface area (Å²) in [5.74, 6) is -0.606. The van der Waals surface area contributed by atoms with Gasteiger partial charge < -0.3 is 46.0 Å². The molecular formula is C42H80NO12P. The Kier molecular flexibility index (Phi) is 30.7. The number of aliphatic hydroxyl groups excluding tert-OH is 7. The van der Waals surface area contributed by atoms with Crippen LogP contribution in [0, 0.1) is 0 Å². The number of carbonyl (C=O) groups excluding carboxylic acids is 1. The van der Waals surface area contributed by atoms with Crippen molar-refractivity contribution in [3.63, 3.8) is 0 Å². The van der Waals surface area contributed by atoms with Gasteiger partial charge in [-0.3, -0.25) is 13.8 Å². The van der Waals surface area contributed by atoms with Crippen LogP contribution in [-0.4, -0.2) is 108 Å². The van der Waals surface area contributed by atoms with Gasteiger partial charge in [-0.1, -0.05) is 160 Å². The van der Waals surface area contributed by atoms with Gasteiger partial charge in [-0.05, 0) is 32.1 Å². The Bertz CT molecular complexity index is 1060. The topological polar surface area (TPSA) is 226 Å². The maximum atomic E-state index is 12.9. The van der Waals surface area contributed by atoms with E-state index in [1.54, 1.807) is 6.08 Å². The fourth-order valence-corrected chi connectivity index (χ4v) is 7.87. The van der Waals surface area contributed by atoms with E-state index in [9.17, 15) is 50.0 Å². The highest BCUT2D eigenvalue weighted by Gasteiger charge is 2.51. The highest BCUT2D eigenvalue weighted by atomic mass is 31.2. The molecule has 1 aliphatic carbocycles. The predicted molar refractivity (Wildman–Crippen MR) is 220 cm³/mol. The van der Waals surface area contributed by atoms with E-state index in [1.807, 2.05) is 0 Å². The average Bonchev–Trinajstić information content (AvgIpc) is 3.17. The molecule has 0 radical (unpaired) electrons. The van der Waals surface area contributed by atoms with Crippen LogP contribution >= 0.6 is 7.82 Å². The maximum absolute atomic E-state index is 12.9. The second kappa shape index (κ2) is 32.6. The van der Waals surface area contributed by atoms with Gasteiger partial charge in [-0.25, -0.2) is 4.57 Å². The molecule has 0 aliphatic heterocycles. The van der Waals surface area contributed by atoms with E-state index in [0.717, 1.165) is 44.9 Å². The van der Waals surface area contributed by atoms with Crippen LogP contribution in [0.25, 0.3) is 0 Å². The van der Waals surface area contributed by atoms with Crippen molar-refractivity contribution in [1.29, 1.82) is 0 Å². The lowest BCUT2D eigenvalue weighted by molar-refractivity contribution is -0.220. The fraction of sp³-hybridized carbons (Fsp3) is 0.881. The monoisotopic (exact) mass is 822 g/mol. The van der Waals surface area contributed by atoms with Crippen molar-refractivity contribution in [3.8, 4) is 0 Å². The van der Waals surface area contributed by atoms with Crippen molar-refractivity contribution in [1.82, 2.24) is 5.32 Å². The third-order valence-electron chi connectivity index (χ3n) is 10.5. The van der Waals surface area contributed by atoms with E-state index in [-0.39, 0.29) is 6.42 Å². The predicted octanol–water partition coefficient (Wildman–Crippen LogP) is 6.42. The van der Waals surface area contributed by atoms with E-state index in [4.69, 9.17) is 9.05 Å². The summed E-state index contributed by atoms with van der Waals surface area (Å²) in [7, 11) is -5.14. The smallest absolute Gasteiger partial charge is 0.393 e. The molecule has 56 heavy (non-hydrogen) atoms. The first kappa shape index (κ1) is 52.8. The molecule has 13 nitrogen and oxygen atoms in total. The summed E-state index contributed by atoms with van der Waals surface area (Å²) in [5.41, 5.74) is 0. The molecule has 14 heteroatoms. The van der Waals surface area contributed by atoms with Crippen LogP contribution in [0.3, 0.4) is 0 Å². The van der Waals surface area contributed by atoms with Crippen LogP contribution in [0.1, 0.15) is 174 Å². The van der Waals surface area contributed by atoms with Crippen LogP contribution in [0.15, 0.2) is 24.3 Å². The lowest BCUT2D eigenvalue weighted by Gasteiger charge is -2.41. The molecule has 330 valence electrons. The number of unbranched alkanes of at least 4 members (excludes halogenated alkanes) is 20. The zero-order valence-corrected chi connectivity index (χ0v) is 35.4. The van der Waals surface area contributed by atoms with Crippen molar-refractivity contribution >= 4 is 13.7 Å². The minimum absolute atomic E-state index is 0.251. The van der Waals surface area contributed by atoms with E-state index in [0.29, 0.717) is 12.8 Å². The molecule has 1 fully saturated rings. The lowest BCUT2D eigenvalue weighted by Crippen LogP contribution is -2.64. The summed E-state index contributed by atoms with van der Waals surface area (Å²) in [6.45, 7) is 3.67. The summed E-state index contributed by atoms with van der Waals surface area (Å²) < 4.78 is 22.8. The first-order valence-corrected chi connectivity index (χ1v) is 23.4. The standard InChI is InChI=1S/C42H80NO12P/c1-3-5-7-9-11-13-14-15-16-17-18-19-20-21-22-24-26-28-30-35(45)34(43-36(46)31-33(44)29-27-25-23-12-10-8-6-4-2)32-54-56(52,53)55-42-40(50)38(48)37(47)39(49)41(42)51/h21-22,28,30,33-35,37-42,44-45,47-51H,3-20,23-27,29,31-32H2,1-2H3,(H,43,46)(H,52,53)/b22-21+,30-28+. The number of rotatable bonds is 35. The molecule has 0 heterocycles. The molecular weight excluding hydrogens is 741 g/mol. The Morgan fingerprint density at radius 1 is 0.625 bits per heavy atom. The van der Waals surface area contributed by atoms with Crippen molar-refractivity contribution in [2.75, 3.05) is 6.61 Å². The van der Waals surface area contributed by atoms with Crippen molar-refractivity contribution in [2.45, 2.75) is 229 Å². The number of aliphatic hydroxyl groups is 7. The van der Waals surface area contributed by atoms with Crippen LogP contribution in [0.4, 0.5) is 0 Å². The normalized spacial score (nSPS) is 24.4. The van der Waals surface area contributed by atoms with Gasteiger partial charge in [0.1, 0.15) is 36.6 Å². The van der Waals surface area contributed by atoms with E-state index in [2.05, 4.69) is 31.3 Å². The highest BCUT2D eigenvalue weighted by molar-refractivity contribution is 7.47. The summed E-state index contributed by atoms with van der Waals surface area (Å²) in [6.07, 6.45) is 20.1. The SMILES string of the molecule is CCCCCCCCCCCCCC/C=C/CC/C=C/C(O)C(COP(=O)(O)OC1C(O)C(O)C(O)C(O)C1O)NC(=O)CC(O)CCCCCCCCCC. The van der Waals surface area contributed by atoms with Crippen molar-refractivity contribution < 1.29 is 59.0 Å². The summed E-state index contributed by atoms with van der Waals surface area (Å²) in [6, 6.07) is -1.25. The van der Waals surface area contributed by atoms with E-state index < -0.39 is 75.2 Å². The zero-order chi connectivity index (χ0) is 41.6. The molecule has 1 aliphatic rings. The lowest BCUT2D eigenvalue weighted by atomic mass is 9.85. The first-order chi connectivity index (χ1) is 26.8. The van der Waals surface area contributed by atoms with Crippen molar-refractivity contribution in [3.05, 3.63) is 24.3 Å². The van der Waals surface area contributed by atoms with Gasteiger partial charge in [0, 0.05) is 0 Å². The second-order valence-electron chi connectivity index (χ2n) is 15.7. The number of phosphoric acid groups is 1. The Balaban J connectivity index is 2.60. The summed E-state index contributed by atoms with van der Waals surface area (Å²) in [4.78, 5) is 23.3. The number of phosphoric ester groups is 1. The zero-order valence-electron chi connectivity index (χ0n) is 34.5. The molecule has 1 amide bonds. The molecule has 0 spiro atoms. The number of allylic oxidation sites excluding steroid dienone is 3. The van der Waals surface area contributed by atoms with Crippen LogP contribution in [-0.2, 0) is 18.4 Å². The van der Waals surface area contributed by atoms with Crippen LogP contribution in [0.2, 0.25) is 0 Å². The van der Waals surface area contributed by atoms with Gasteiger partial charge >= 0.3 is 7.82 Å². The van der Waals surface area contributed by atoms with Gasteiger partial charge in [-0.2, -0.15) is 0 Å². The summed E-state index contributed by atoms with van der Waals surface area (Å²) in [5, 5.41) is 74.1. The van der Waals surface area contributed by atoms with Crippen LogP contribution in [0.5, 0.6) is 0 Å². The number of nitrogens with one attached hydrogen (secondary N) is 1. The molecule has 0 saturated heterocycles. The van der Waals surface area contributed by atoms with E-state index >= 15 is 0 Å². The number of amides is 1. The molecule has 0 bridgehead atoms. The van der Waals surface area contributed by atoms with E-state index in [1.165, 1.54) is 102 Å². The molecule has 0 aromatic carbocycles. The molecule has 1 saturated carbocycles. The first-order valence-electron chi connectivity index (χ1n) is 21.9. The Hall–Kier alpha value is -1.22. The third-order valence-corrected chi connectivity index (χ3v) is 11.5. The second-order valence-corrected chi connectivity index (χ2v) is 17.1. The van der Waals surface area contributed by atoms with Crippen molar-refractivity contribution in [2.24, 2.45) is 0 Å². The summed E-state index contributed by atoms with van der Waals surface area (Å²) >= 11 is 0. The molecule has 9 N–H and O–H groups in total. The largest absolute Gasteiger partial charge is 0.472 e. The Morgan fingerprint density at radius 3 is 1.57 bits per heavy atom. The highest BCUT2D eigenvalue weighted by Crippen LogP contribution is 2.47. The maximum Gasteiger partial charge on any atom is 0.472 e. The molecule has 8 atom stereocenters. The molecule has 1 rings (SSSR count). The minimum Gasteiger partial charge on any atom is -0.393 e. The average molecular weight is 822 g/mol. The quantitative estimate of drug-likeness (QED) is 0.0192.